The summed E-state index contributed by atoms with van der Waals surface area (Å²) in [6, 6.07) is 4.82. The summed E-state index contributed by atoms with van der Waals surface area (Å²) in [5, 5.41) is 12.5. The van der Waals surface area contributed by atoms with Gasteiger partial charge in [0.05, 0.1) is 5.69 Å². The van der Waals surface area contributed by atoms with Gasteiger partial charge in [-0.05, 0) is 24.6 Å². The molecule has 0 aliphatic rings. The minimum absolute atomic E-state index is 0.0764. The van der Waals surface area contributed by atoms with Crippen molar-refractivity contribution in [3.8, 4) is 5.75 Å². The molecule has 0 unspecified atom stereocenters. The lowest BCUT2D eigenvalue weighted by Gasteiger charge is -2.19. The topological polar surface area (TPSA) is 52.6 Å². The molecule has 0 radical (unpaired) electrons. The number of rotatable bonds is 4. The lowest BCUT2D eigenvalue weighted by Crippen LogP contribution is -2.37. The zero-order valence-corrected chi connectivity index (χ0v) is 11.6. The van der Waals surface area contributed by atoms with Crippen molar-refractivity contribution in [2.75, 3.05) is 18.5 Å². The summed E-state index contributed by atoms with van der Waals surface area (Å²) in [7, 11) is 1.63. The van der Waals surface area contributed by atoms with Crippen LogP contribution in [0.4, 0.5) is 10.5 Å². The smallest absolute Gasteiger partial charge is 0.321 e. The number of aromatic hydroxyl groups is 1. The molecular weight excluding hydrogens is 284 g/mol. The predicted octanol–water partition coefficient (Wildman–Crippen LogP) is 3.10. The maximum absolute atomic E-state index is 11.7. The molecule has 0 atom stereocenters. The Labute approximate surface area is 110 Å². The zero-order chi connectivity index (χ0) is 12.8. The summed E-state index contributed by atoms with van der Waals surface area (Å²) >= 11 is 3.25. The maximum Gasteiger partial charge on any atom is 0.321 e. The Kier molecular flexibility index (Phi) is 5.28. The first-order valence-corrected chi connectivity index (χ1v) is 6.35. The van der Waals surface area contributed by atoms with E-state index in [4.69, 9.17) is 0 Å². The molecule has 0 spiro atoms. The van der Waals surface area contributed by atoms with Crippen LogP contribution in [0, 0.1) is 0 Å². The van der Waals surface area contributed by atoms with Gasteiger partial charge in [-0.3, -0.25) is 4.90 Å². The number of halogens is 1. The van der Waals surface area contributed by atoms with Crippen molar-refractivity contribution >= 4 is 27.6 Å². The number of benzene rings is 1. The van der Waals surface area contributed by atoms with E-state index in [0.717, 1.165) is 17.3 Å². The average molecular weight is 301 g/mol. The van der Waals surface area contributed by atoms with Gasteiger partial charge in [0.25, 0.3) is 0 Å². The Morgan fingerprint density at radius 3 is 2.82 bits per heavy atom. The van der Waals surface area contributed by atoms with Crippen molar-refractivity contribution in [3.63, 3.8) is 0 Å². The van der Waals surface area contributed by atoms with Crippen LogP contribution in [0.3, 0.4) is 0 Å². The lowest BCUT2D eigenvalue weighted by molar-refractivity contribution is 0.247. The van der Waals surface area contributed by atoms with E-state index in [9.17, 15) is 9.90 Å². The Bertz CT molecular complexity index is 396. The van der Waals surface area contributed by atoms with Crippen LogP contribution in [0.2, 0.25) is 0 Å². The van der Waals surface area contributed by atoms with Gasteiger partial charge in [0.15, 0.2) is 0 Å². The van der Waals surface area contributed by atoms with Crippen molar-refractivity contribution < 1.29 is 9.90 Å². The van der Waals surface area contributed by atoms with E-state index in [1.54, 1.807) is 25.2 Å². The third kappa shape index (κ3) is 3.93. The van der Waals surface area contributed by atoms with Crippen molar-refractivity contribution in [1.82, 2.24) is 5.32 Å². The third-order valence-corrected chi connectivity index (χ3v) is 2.90. The molecule has 0 aliphatic heterocycles. The van der Waals surface area contributed by atoms with Crippen molar-refractivity contribution in [3.05, 3.63) is 22.7 Å². The van der Waals surface area contributed by atoms with Gasteiger partial charge in [0.1, 0.15) is 5.75 Å². The second-order valence-electron chi connectivity index (χ2n) is 3.78. The van der Waals surface area contributed by atoms with Crippen LogP contribution in [-0.4, -0.2) is 24.7 Å². The Hall–Kier alpha value is -1.23. The minimum Gasteiger partial charge on any atom is -0.506 e. The van der Waals surface area contributed by atoms with E-state index in [1.807, 2.05) is 0 Å². The van der Waals surface area contributed by atoms with Crippen LogP contribution in [0.15, 0.2) is 22.7 Å². The normalized spacial score (nSPS) is 10.1. The largest absolute Gasteiger partial charge is 0.506 e. The first kappa shape index (κ1) is 13.8. The molecule has 5 heteroatoms. The Balaban J connectivity index is 2.68. The molecule has 0 fully saturated rings. The van der Waals surface area contributed by atoms with E-state index in [0.29, 0.717) is 12.2 Å². The first-order valence-electron chi connectivity index (χ1n) is 5.56. The lowest BCUT2D eigenvalue weighted by atomic mass is 10.3. The van der Waals surface area contributed by atoms with Crippen LogP contribution in [-0.2, 0) is 0 Å². The van der Waals surface area contributed by atoms with Crippen molar-refractivity contribution in [2.45, 2.75) is 19.8 Å². The van der Waals surface area contributed by atoms with Crippen LogP contribution >= 0.6 is 15.9 Å². The molecule has 0 aliphatic carbocycles. The molecule has 94 valence electrons. The fourth-order valence-electron chi connectivity index (χ4n) is 1.38. The highest BCUT2D eigenvalue weighted by Crippen LogP contribution is 2.29. The van der Waals surface area contributed by atoms with E-state index in [1.165, 1.54) is 4.90 Å². The molecule has 0 heterocycles. The summed E-state index contributed by atoms with van der Waals surface area (Å²) < 4.78 is 0.776. The molecule has 0 aromatic heterocycles. The number of nitrogens with one attached hydrogen (secondary N) is 1. The number of phenols is 1. The molecule has 1 rings (SSSR count). The van der Waals surface area contributed by atoms with Crippen LogP contribution in [0.25, 0.3) is 0 Å². The van der Waals surface area contributed by atoms with Gasteiger partial charge in [0.2, 0.25) is 0 Å². The Morgan fingerprint density at radius 2 is 2.24 bits per heavy atom. The summed E-state index contributed by atoms with van der Waals surface area (Å²) in [6.45, 7) is 2.72. The number of phenolic OH excluding ortho intramolecular Hbond substituents is 1. The quantitative estimate of drug-likeness (QED) is 0.840. The highest BCUT2D eigenvalue weighted by molar-refractivity contribution is 9.10. The molecule has 4 nitrogen and oxygen atoms in total. The van der Waals surface area contributed by atoms with Crippen molar-refractivity contribution in [1.29, 1.82) is 0 Å². The average Bonchev–Trinajstić information content (AvgIpc) is 2.28. The number of hydrogen-bond acceptors (Lipinski definition) is 2. The first-order chi connectivity index (χ1) is 8.06. The highest BCUT2D eigenvalue weighted by Gasteiger charge is 2.13. The van der Waals surface area contributed by atoms with Gasteiger partial charge in [-0.15, -0.1) is 0 Å². The summed E-state index contributed by atoms with van der Waals surface area (Å²) in [5.41, 5.74) is 0.488. The number of anilines is 1. The van der Waals surface area contributed by atoms with Crippen LogP contribution in [0.1, 0.15) is 19.8 Å². The SMILES string of the molecule is CCCCNC(=O)N(C)c1ccc(Br)cc1O. The number of nitrogens with zero attached hydrogens (tertiary/aromatic N) is 1. The summed E-state index contributed by atoms with van der Waals surface area (Å²) in [6.07, 6.45) is 1.99. The number of unbranched alkanes of at least 4 members (excludes halogenated alkanes) is 1. The Morgan fingerprint density at radius 1 is 1.53 bits per heavy atom. The zero-order valence-electron chi connectivity index (χ0n) is 10.0. The van der Waals surface area contributed by atoms with Crippen molar-refractivity contribution in [2.24, 2.45) is 0 Å². The summed E-state index contributed by atoms with van der Waals surface area (Å²) in [5.74, 6) is 0.0764. The molecule has 2 N–H and O–H groups in total. The number of hydrogen-bond donors (Lipinski definition) is 2. The molecule has 0 saturated heterocycles. The van der Waals surface area contributed by atoms with E-state index in [-0.39, 0.29) is 11.8 Å². The monoisotopic (exact) mass is 300 g/mol. The molecule has 0 bridgehead atoms. The fourth-order valence-corrected chi connectivity index (χ4v) is 1.73. The minimum atomic E-state index is -0.212. The van der Waals surface area contributed by atoms with Gasteiger partial charge in [-0.25, -0.2) is 4.79 Å². The van der Waals surface area contributed by atoms with Crippen LogP contribution in [0.5, 0.6) is 5.75 Å². The highest BCUT2D eigenvalue weighted by atomic mass is 79.9. The second kappa shape index (κ2) is 6.49. The van der Waals surface area contributed by atoms with E-state index in [2.05, 4.69) is 28.2 Å². The molecule has 17 heavy (non-hydrogen) atoms. The number of urea groups is 1. The van der Waals surface area contributed by atoms with E-state index >= 15 is 0 Å². The molecule has 1 aromatic rings. The predicted molar refractivity (Wildman–Crippen MR) is 72.5 cm³/mol. The second-order valence-corrected chi connectivity index (χ2v) is 4.69. The van der Waals surface area contributed by atoms with Gasteiger partial charge < -0.3 is 10.4 Å². The molecular formula is C12H17BrN2O2. The number of carbonyl (C=O) groups is 1. The molecule has 1 aromatic carbocycles. The van der Waals surface area contributed by atoms with Gasteiger partial charge in [-0.2, -0.15) is 0 Å². The fraction of sp³-hybridized carbons (Fsp3) is 0.417. The third-order valence-electron chi connectivity index (χ3n) is 2.41. The molecule has 0 saturated carbocycles. The van der Waals surface area contributed by atoms with Gasteiger partial charge in [-0.1, -0.05) is 29.3 Å². The van der Waals surface area contributed by atoms with Crippen LogP contribution < -0.4 is 10.2 Å². The number of amides is 2. The summed E-state index contributed by atoms with van der Waals surface area (Å²) in [4.78, 5) is 13.1. The van der Waals surface area contributed by atoms with Gasteiger partial charge >= 0.3 is 6.03 Å². The molecule has 2 amide bonds. The standard InChI is InChI=1S/C12H17BrN2O2/c1-3-4-7-14-12(17)15(2)10-6-5-9(13)8-11(10)16/h5-6,8,16H,3-4,7H2,1-2H3,(H,14,17). The van der Waals surface area contributed by atoms with E-state index < -0.39 is 0 Å². The number of carbonyl (C=O) groups excluding carboxylic acids is 1. The van der Waals surface area contributed by atoms with Gasteiger partial charge in [0, 0.05) is 18.1 Å². The maximum atomic E-state index is 11.7.